The minimum absolute atomic E-state index is 0.129. The predicted molar refractivity (Wildman–Crippen MR) is 126 cm³/mol. The summed E-state index contributed by atoms with van der Waals surface area (Å²) in [5, 5.41) is 12.4. The highest BCUT2D eigenvalue weighted by Gasteiger charge is 2.19. The lowest BCUT2D eigenvalue weighted by Gasteiger charge is -2.08. The van der Waals surface area contributed by atoms with Gasteiger partial charge in [-0.2, -0.15) is 0 Å². The molecule has 0 spiro atoms. The molecule has 3 rings (SSSR count). The zero-order valence-corrected chi connectivity index (χ0v) is 20.3. The number of thiazole rings is 1. The van der Waals surface area contributed by atoms with Crippen LogP contribution in [0.25, 0.3) is 0 Å². The number of amides is 2. The molecule has 9 nitrogen and oxygen atoms in total. The van der Waals surface area contributed by atoms with Crippen molar-refractivity contribution in [3.63, 3.8) is 0 Å². The number of methoxy groups -OCH3 is 1. The van der Waals surface area contributed by atoms with E-state index in [1.807, 2.05) is 35.8 Å². The number of aromatic nitrogens is 4. The van der Waals surface area contributed by atoms with Gasteiger partial charge in [-0.05, 0) is 31.5 Å². The number of thioether (sulfide) groups is 1. The van der Waals surface area contributed by atoms with E-state index in [1.165, 1.54) is 28.0 Å². The number of nitrogens with one attached hydrogen (secondary N) is 1. The van der Waals surface area contributed by atoms with Crippen LogP contribution in [0, 0.1) is 6.92 Å². The molecule has 0 atom stereocenters. The number of hydrogen-bond acceptors (Lipinski definition) is 8. The lowest BCUT2D eigenvalue weighted by Crippen LogP contribution is -2.21. The molecule has 2 amide bonds. The normalized spacial score (nSPS) is 10.8. The number of ether oxygens (including phenoxy) is 1. The molecule has 3 aromatic rings. The van der Waals surface area contributed by atoms with Crippen molar-refractivity contribution in [1.82, 2.24) is 24.6 Å². The Morgan fingerprint density at radius 1 is 1.22 bits per heavy atom. The Hall–Kier alpha value is -2.92. The number of hydrogen-bond donors (Lipinski definition) is 1. The number of carbonyl (C=O) groups is 2. The second-order valence-electron chi connectivity index (χ2n) is 7.14. The van der Waals surface area contributed by atoms with Crippen molar-refractivity contribution in [3.8, 4) is 5.75 Å². The van der Waals surface area contributed by atoms with E-state index < -0.39 is 0 Å². The van der Waals surface area contributed by atoms with Gasteiger partial charge in [0, 0.05) is 27.1 Å². The molecule has 0 saturated carbocycles. The molecule has 0 fully saturated rings. The lowest BCUT2D eigenvalue weighted by molar-refractivity contribution is -0.113. The largest absolute Gasteiger partial charge is 0.497 e. The number of benzene rings is 1. The van der Waals surface area contributed by atoms with Gasteiger partial charge in [0.25, 0.3) is 5.91 Å². The van der Waals surface area contributed by atoms with Gasteiger partial charge in [-0.25, -0.2) is 4.98 Å². The highest BCUT2D eigenvalue weighted by Crippen LogP contribution is 2.25. The van der Waals surface area contributed by atoms with E-state index in [0.29, 0.717) is 33.8 Å². The maximum atomic E-state index is 12.4. The van der Waals surface area contributed by atoms with Crippen molar-refractivity contribution < 1.29 is 14.3 Å². The van der Waals surface area contributed by atoms with Crippen molar-refractivity contribution in [2.75, 3.05) is 32.3 Å². The fourth-order valence-corrected chi connectivity index (χ4v) is 4.76. The Bertz CT molecular complexity index is 1090. The van der Waals surface area contributed by atoms with E-state index in [1.54, 1.807) is 28.1 Å². The number of nitrogens with zero attached hydrogens (tertiary/aromatic N) is 5. The molecule has 170 valence electrons. The van der Waals surface area contributed by atoms with E-state index in [9.17, 15) is 9.59 Å². The Labute approximate surface area is 195 Å². The molecular formula is C21H26N6O3S2. The standard InChI is InChI=1S/C21H26N6O3S2/c1-6-27-16(11-14-7-9-15(30-5)10-8-14)24-25-21(27)31-12-17(28)23-20-22-13(2)18(32-20)19(29)26(3)4/h7-10H,6,11-12H2,1-5H3,(H,22,23,28). The first-order valence-corrected chi connectivity index (χ1v) is 11.8. The average molecular weight is 475 g/mol. The molecule has 0 aliphatic carbocycles. The van der Waals surface area contributed by atoms with Crippen LogP contribution >= 0.6 is 23.1 Å². The zero-order chi connectivity index (χ0) is 23.3. The third-order valence-electron chi connectivity index (χ3n) is 4.61. The van der Waals surface area contributed by atoms with Gasteiger partial charge in [0.1, 0.15) is 16.5 Å². The quantitative estimate of drug-likeness (QED) is 0.476. The van der Waals surface area contributed by atoms with E-state index in [0.717, 1.165) is 17.1 Å². The minimum Gasteiger partial charge on any atom is -0.497 e. The summed E-state index contributed by atoms with van der Waals surface area (Å²) < 4.78 is 7.20. The molecule has 1 N–H and O–H groups in total. The van der Waals surface area contributed by atoms with Crippen molar-refractivity contribution >= 4 is 40.0 Å². The van der Waals surface area contributed by atoms with E-state index in [4.69, 9.17) is 4.74 Å². The first-order valence-electron chi connectivity index (χ1n) is 9.99. The van der Waals surface area contributed by atoms with Crippen LogP contribution in [-0.4, -0.2) is 63.4 Å². The fourth-order valence-electron chi connectivity index (χ4n) is 2.94. The smallest absolute Gasteiger partial charge is 0.265 e. The third-order valence-corrected chi connectivity index (χ3v) is 6.63. The predicted octanol–water partition coefficient (Wildman–Crippen LogP) is 3.09. The van der Waals surface area contributed by atoms with Crippen LogP contribution in [0.15, 0.2) is 29.4 Å². The number of anilines is 1. The van der Waals surface area contributed by atoms with Crippen LogP contribution in [0.1, 0.15) is 33.7 Å². The van der Waals surface area contributed by atoms with Crippen LogP contribution in [0.3, 0.4) is 0 Å². The van der Waals surface area contributed by atoms with Crippen LogP contribution in [-0.2, 0) is 17.8 Å². The first kappa shape index (κ1) is 23.7. The monoisotopic (exact) mass is 474 g/mol. The summed E-state index contributed by atoms with van der Waals surface area (Å²) in [7, 11) is 5.01. The molecule has 0 bridgehead atoms. The number of rotatable bonds is 9. The summed E-state index contributed by atoms with van der Waals surface area (Å²) in [6.45, 7) is 4.47. The van der Waals surface area contributed by atoms with Crippen molar-refractivity contribution in [2.45, 2.75) is 32.0 Å². The Morgan fingerprint density at radius 3 is 2.56 bits per heavy atom. The maximum absolute atomic E-state index is 12.4. The zero-order valence-electron chi connectivity index (χ0n) is 18.7. The Kier molecular flexibility index (Phi) is 7.86. The van der Waals surface area contributed by atoms with Gasteiger partial charge in [0.2, 0.25) is 5.91 Å². The Balaban J connectivity index is 1.61. The second-order valence-corrected chi connectivity index (χ2v) is 9.08. The molecule has 0 saturated heterocycles. The topological polar surface area (TPSA) is 102 Å². The lowest BCUT2D eigenvalue weighted by atomic mass is 10.1. The summed E-state index contributed by atoms with van der Waals surface area (Å²) >= 11 is 2.49. The summed E-state index contributed by atoms with van der Waals surface area (Å²) in [6.07, 6.45) is 0.638. The van der Waals surface area contributed by atoms with Crippen molar-refractivity contribution in [3.05, 3.63) is 46.2 Å². The molecule has 0 unspecified atom stereocenters. The summed E-state index contributed by atoms with van der Waals surface area (Å²) in [5.74, 6) is 1.46. The number of aryl methyl sites for hydroxylation is 1. The fraction of sp³-hybridized carbons (Fsp3) is 0.381. The van der Waals surface area contributed by atoms with Crippen molar-refractivity contribution in [2.24, 2.45) is 0 Å². The van der Waals surface area contributed by atoms with Gasteiger partial charge in [0.15, 0.2) is 10.3 Å². The van der Waals surface area contributed by atoms with Crippen LogP contribution in [0.4, 0.5) is 5.13 Å². The van der Waals surface area contributed by atoms with E-state index >= 15 is 0 Å². The summed E-state index contributed by atoms with van der Waals surface area (Å²) in [5.41, 5.74) is 1.70. The average Bonchev–Trinajstić information content (AvgIpc) is 3.34. The van der Waals surface area contributed by atoms with Gasteiger partial charge in [-0.15, -0.1) is 10.2 Å². The molecule has 2 aromatic heterocycles. The van der Waals surface area contributed by atoms with Gasteiger partial charge in [-0.1, -0.05) is 35.2 Å². The van der Waals surface area contributed by atoms with Gasteiger partial charge in [-0.3, -0.25) is 9.59 Å². The molecule has 0 radical (unpaired) electrons. The highest BCUT2D eigenvalue weighted by molar-refractivity contribution is 7.99. The molecule has 11 heteroatoms. The summed E-state index contributed by atoms with van der Waals surface area (Å²) in [4.78, 5) is 30.9. The molecule has 2 heterocycles. The molecule has 32 heavy (non-hydrogen) atoms. The maximum Gasteiger partial charge on any atom is 0.265 e. The van der Waals surface area contributed by atoms with Gasteiger partial charge < -0.3 is 19.5 Å². The van der Waals surface area contributed by atoms with E-state index in [-0.39, 0.29) is 17.6 Å². The summed E-state index contributed by atoms with van der Waals surface area (Å²) in [6, 6.07) is 7.83. The highest BCUT2D eigenvalue weighted by atomic mass is 32.2. The van der Waals surface area contributed by atoms with Crippen LogP contribution in [0.5, 0.6) is 5.75 Å². The molecule has 0 aliphatic heterocycles. The Morgan fingerprint density at radius 2 is 1.94 bits per heavy atom. The SMILES string of the molecule is CCn1c(Cc2ccc(OC)cc2)nnc1SCC(=O)Nc1nc(C)c(C(=O)N(C)C)s1. The molecular weight excluding hydrogens is 448 g/mol. The second kappa shape index (κ2) is 10.6. The first-order chi connectivity index (χ1) is 15.3. The van der Waals surface area contributed by atoms with Gasteiger partial charge in [0.05, 0.1) is 18.6 Å². The van der Waals surface area contributed by atoms with Crippen LogP contribution < -0.4 is 10.1 Å². The molecule has 0 aliphatic rings. The van der Waals surface area contributed by atoms with Gasteiger partial charge >= 0.3 is 0 Å². The molecule has 1 aromatic carbocycles. The number of carbonyl (C=O) groups excluding carboxylic acids is 2. The van der Waals surface area contributed by atoms with Crippen LogP contribution in [0.2, 0.25) is 0 Å². The third kappa shape index (κ3) is 5.65. The minimum atomic E-state index is -0.213. The van der Waals surface area contributed by atoms with Crippen molar-refractivity contribution in [1.29, 1.82) is 0 Å². The van der Waals surface area contributed by atoms with E-state index in [2.05, 4.69) is 20.5 Å².